The van der Waals surface area contributed by atoms with Gasteiger partial charge in [0.25, 0.3) is 5.91 Å². The minimum atomic E-state index is -1.11. The van der Waals surface area contributed by atoms with Crippen molar-refractivity contribution in [3.63, 3.8) is 0 Å². The number of carbonyl (C=O) groups excluding carboxylic acids is 2. The zero-order valence-electron chi connectivity index (χ0n) is 8.93. The molecular formula is C10H12N2O5. The summed E-state index contributed by atoms with van der Waals surface area (Å²) in [7, 11) is 0. The lowest BCUT2D eigenvalue weighted by Gasteiger charge is -2.03. The van der Waals surface area contributed by atoms with Crippen LogP contribution in [0.1, 0.15) is 16.8 Å². The van der Waals surface area contributed by atoms with Crippen LogP contribution in [-0.4, -0.2) is 36.0 Å². The van der Waals surface area contributed by atoms with Crippen molar-refractivity contribution in [3.05, 3.63) is 24.2 Å². The number of hydrogen-bond acceptors (Lipinski definition) is 4. The largest absolute Gasteiger partial charge is 0.480 e. The van der Waals surface area contributed by atoms with Crippen molar-refractivity contribution in [3.8, 4) is 0 Å². The van der Waals surface area contributed by atoms with Crippen molar-refractivity contribution < 1.29 is 23.9 Å². The van der Waals surface area contributed by atoms with E-state index in [1.54, 1.807) is 0 Å². The molecule has 0 unspecified atom stereocenters. The second kappa shape index (κ2) is 6.31. The average Bonchev–Trinajstić information content (AvgIpc) is 2.79. The van der Waals surface area contributed by atoms with Crippen LogP contribution in [0.2, 0.25) is 0 Å². The SMILES string of the molecule is O=C(O)CNC(=O)CCNC(=O)c1ccoc1. The molecule has 1 rings (SSSR count). The number of amides is 2. The summed E-state index contributed by atoms with van der Waals surface area (Å²) in [4.78, 5) is 32.6. The van der Waals surface area contributed by atoms with E-state index in [9.17, 15) is 14.4 Å². The minimum absolute atomic E-state index is 0.0247. The van der Waals surface area contributed by atoms with Crippen LogP contribution in [0.25, 0.3) is 0 Å². The van der Waals surface area contributed by atoms with Gasteiger partial charge >= 0.3 is 5.97 Å². The molecule has 17 heavy (non-hydrogen) atoms. The standard InChI is InChI=1S/C10H12N2O5/c13-8(12-5-9(14)15)1-3-11-10(16)7-2-4-17-6-7/h2,4,6H,1,3,5H2,(H,11,16)(H,12,13)(H,14,15). The van der Waals surface area contributed by atoms with Crippen LogP contribution in [0.3, 0.4) is 0 Å². The highest BCUT2D eigenvalue weighted by molar-refractivity contribution is 5.94. The minimum Gasteiger partial charge on any atom is -0.480 e. The van der Waals surface area contributed by atoms with E-state index < -0.39 is 18.4 Å². The smallest absolute Gasteiger partial charge is 0.322 e. The second-order valence-corrected chi connectivity index (χ2v) is 3.19. The maximum absolute atomic E-state index is 11.4. The zero-order chi connectivity index (χ0) is 12.7. The summed E-state index contributed by atoms with van der Waals surface area (Å²) in [6.07, 6.45) is 2.69. The summed E-state index contributed by atoms with van der Waals surface area (Å²) in [6, 6.07) is 1.50. The van der Waals surface area contributed by atoms with E-state index in [0.29, 0.717) is 5.56 Å². The van der Waals surface area contributed by atoms with E-state index in [2.05, 4.69) is 10.6 Å². The van der Waals surface area contributed by atoms with Crippen LogP contribution in [0.5, 0.6) is 0 Å². The highest BCUT2D eigenvalue weighted by Gasteiger charge is 2.07. The van der Waals surface area contributed by atoms with Crippen LogP contribution in [0, 0.1) is 0 Å². The summed E-state index contributed by atoms with van der Waals surface area (Å²) in [5, 5.41) is 13.0. The Labute approximate surface area is 96.8 Å². The Hall–Kier alpha value is -2.31. The van der Waals surface area contributed by atoms with Crippen LogP contribution >= 0.6 is 0 Å². The van der Waals surface area contributed by atoms with Gasteiger partial charge in [0.2, 0.25) is 5.91 Å². The van der Waals surface area contributed by atoms with Crippen LogP contribution in [0.4, 0.5) is 0 Å². The molecule has 7 heteroatoms. The Kier molecular flexibility index (Phi) is 4.74. The molecule has 3 N–H and O–H groups in total. The fourth-order valence-electron chi connectivity index (χ4n) is 1.05. The van der Waals surface area contributed by atoms with Crippen molar-refractivity contribution >= 4 is 17.8 Å². The first-order valence-electron chi connectivity index (χ1n) is 4.88. The molecule has 0 saturated heterocycles. The topological polar surface area (TPSA) is 109 Å². The Morgan fingerprint density at radius 2 is 2.06 bits per heavy atom. The number of aliphatic carboxylic acids is 1. The molecule has 1 aromatic rings. The molecule has 0 radical (unpaired) electrons. The molecule has 1 aromatic heterocycles. The third-order valence-electron chi connectivity index (χ3n) is 1.86. The van der Waals surface area contributed by atoms with Gasteiger partial charge in [0.15, 0.2) is 0 Å². The fraction of sp³-hybridized carbons (Fsp3) is 0.300. The van der Waals surface area contributed by atoms with Gasteiger partial charge in [0.1, 0.15) is 12.8 Å². The number of furan rings is 1. The van der Waals surface area contributed by atoms with Gasteiger partial charge in [-0.25, -0.2) is 0 Å². The lowest BCUT2D eigenvalue weighted by Crippen LogP contribution is -2.33. The number of nitrogens with one attached hydrogen (secondary N) is 2. The van der Waals surface area contributed by atoms with Crippen molar-refractivity contribution in [2.24, 2.45) is 0 Å². The van der Waals surface area contributed by atoms with Gasteiger partial charge < -0.3 is 20.2 Å². The highest BCUT2D eigenvalue weighted by Crippen LogP contribution is 1.98. The molecule has 0 aliphatic rings. The number of rotatable bonds is 6. The monoisotopic (exact) mass is 240 g/mol. The Morgan fingerprint density at radius 3 is 2.65 bits per heavy atom. The summed E-state index contributed by atoms with van der Waals surface area (Å²) in [5.74, 6) is -1.88. The molecule has 1 heterocycles. The predicted molar refractivity (Wildman–Crippen MR) is 56.3 cm³/mol. The summed E-state index contributed by atoms with van der Waals surface area (Å²) < 4.78 is 4.72. The zero-order valence-corrected chi connectivity index (χ0v) is 8.93. The van der Waals surface area contributed by atoms with E-state index in [1.165, 1.54) is 18.6 Å². The summed E-state index contributed by atoms with van der Waals surface area (Å²) in [5.41, 5.74) is 0.371. The van der Waals surface area contributed by atoms with E-state index >= 15 is 0 Å². The lowest BCUT2D eigenvalue weighted by atomic mass is 10.3. The Balaban J connectivity index is 2.17. The van der Waals surface area contributed by atoms with Crippen molar-refractivity contribution in [2.75, 3.05) is 13.1 Å². The average molecular weight is 240 g/mol. The van der Waals surface area contributed by atoms with E-state index in [0.717, 1.165) is 0 Å². The first kappa shape index (κ1) is 12.8. The molecule has 0 spiro atoms. The Bertz CT molecular complexity index is 399. The van der Waals surface area contributed by atoms with Crippen molar-refractivity contribution in [2.45, 2.75) is 6.42 Å². The van der Waals surface area contributed by atoms with Crippen LogP contribution in [0.15, 0.2) is 23.0 Å². The fourth-order valence-corrected chi connectivity index (χ4v) is 1.05. The van der Waals surface area contributed by atoms with Gasteiger partial charge in [-0.15, -0.1) is 0 Å². The summed E-state index contributed by atoms with van der Waals surface area (Å²) in [6.45, 7) is -0.288. The molecule has 0 saturated carbocycles. The first-order chi connectivity index (χ1) is 8.09. The van der Waals surface area contributed by atoms with Crippen LogP contribution < -0.4 is 10.6 Å². The number of carboxylic acids is 1. The maximum Gasteiger partial charge on any atom is 0.322 e. The third kappa shape index (κ3) is 4.83. The number of hydrogen-bond donors (Lipinski definition) is 3. The molecule has 0 aliphatic heterocycles. The third-order valence-corrected chi connectivity index (χ3v) is 1.86. The van der Waals surface area contributed by atoms with Gasteiger partial charge in [0, 0.05) is 13.0 Å². The van der Waals surface area contributed by atoms with Gasteiger partial charge in [-0.1, -0.05) is 0 Å². The van der Waals surface area contributed by atoms with Crippen LogP contribution in [-0.2, 0) is 9.59 Å². The quantitative estimate of drug-likeness (QED) is 0.627. The molecule has 0 bridgehead atoms. The molecule has 0 aromatic carbocycles. The Morgan fingerprint density at radius 1 is 1.29 bits per heavy atom. The normalized spacial score (nSPS) is 9.65. The predicted octanol–water partition coefficient (Wildman–Crippen LogP) is -0.400. The van der Waals surface area contributed by atoms with E-state index in [-0.39, 0.29) is 18.9 Å². The number of carbonyl (C=O) groups is 3. The van der Waals surface area contributed by atoms with Gasteiger partial charge in [-0.05, 0) is 6.07 Å². The highest BCUT2D eigenvalue weighted by atomic mass is 16.4. The molecule has 2 amide bonds. The molecule has 92 valence electrons. The van der Waals surface area contributed by atoms with Gasteiger partial charge in [0.05, 0.1) is 11.8 Å². The molecular weight excluding hydrogens is 228 g/mol. The maximum atomic E-state index is 11.4. The van der Waals surface area contributed by atoms with E-state index in [4.69, 9.17) is 9.52 Å². The first-order valence-corrected chi connectivity index (χ1v) is 4.88. The van der Waals surface area contributed by atoms with Gasteiger partial charge in [-0.3, -0.25) is 14.4 Å². The molecule has 0 aliphatic carbocycles. The number of carboxylic acid groups (broad SMARTS) is 1. The second-order valence-electron chi connectivity index (χ2n) is 3.19. The summed E-state index contributed by atoms with van der Waals surface area (Å²) >= 11 is 0. The van der Waals surface area contributed by atoms with Crippen molar-refractivity contribution in [1.29, 1.82) is 0 Å². The molecule has 0 atom stereocenters. The molecule has 0 fully saturated rings. The molecule has 7 nitrogen and oxygen atoms in total. The lowest BCUT2D eigenvalue weighted by molar-refractivity contribution is -0.137. The van der Waals surface area contributed by atoms with Crippen molar-refractivity contribution in [1.82, 2.24) is 10.6 Å². The van der Waals surface area contributed by atoms with E-state index in [1.807, 2.05) is 0 Å². The van der Waals surface area contributed by atoms with Gasteiger partial charge in [-0.2, -0.15) is 0 Å².